The number of benzene rings is 1. The summed E-state index contributed by atoms with van der Waals surface area (Å²) in [6.45, 7) is 8.36. The first kappa shape index (κ1) is 15.1. The van der Waals surface area contributed by atoms with Gasteiger partial charge in [-0.1, -0.05) is 31.9 Å². The second-order valence-corrected chi connectivity index (χ2v) is 6.67. The van der Waals surface area contributed by atoms with Crippen LogP contribution in [0.3, 0.4) is 0 Å². The first-order chi connectivity index (χ1) is 9.39. The van der Waals surface area contributed by atoms with Crippen LogP contribution in [0.5, 0.6) is 0 Å². The summed E-state index contributed by atoms with van der Waals surface area (Å²) in [5, 5.41) is 20.6. The largest absolute Gasteiger partial charge is 0.387 e. The van der Waals surface area contributed by atoms with Crippen LogP contribution >= 0.6 is 0 Å². The van der Waals surface area contributed by atoms with Crippen LogP contribution in [0.4, 0.5) is 0 Å². The highest BCUT2D eigenvalue weighted by Gasteiger charge is 2.42. The summed E-state index contributed by atoms with van der Waals surface area (Å²) < 4.78 is 0. The highest BCUT2D eigenvalue weighted by molar-refractivity contribution is 5.39. The van der Waals surface area contributed by atoms with Crippen molar-refractivity contribution in [3.05, 3.63) is 34.4 Å². The molecule has 1 aliphatic carbocycles. The molecule has 0 amide bonds. The van der Waals surface area contributed by atoms with Crippen molar-refractivity contribution in [2.75, 3.05) is 0 Å². The van der Waals surface area contributed by atoms with Crippen LogP contribution in [0.2, 0.25) is 0 Å². The predicted molar refractivity (Wildman–Crippen MR) is 81.3 cm³/mol. The van der Waals surface area contributed by atoms with Crippen molar-refractivity contribution in [3.8, 4) is 6.07 Å². The molecule has 0 spiro atoms. The molecule has 1 aromatic carbocycles. The number of nitriles is 1. The maximum absolute atomic E-state index is 10.9. The molecule has 0 aliphatic heterocycles. The Morgan fingerprint density at radius 1 is 1.25 bits per heavy atom. The number of nitrogens with zero attached hydrogens (tertiary/aromatic N) is 1. The number of rotatable bonds is 2. The van der Waals surface area contributed by atoms with Gasteiger partial charge in [-0.25, -0.2) is 0 Å². The van der Waals surface area contributed by atoms with Crippen LogP contribution in [0.25, 0.3) is 0 Å². The summed E-state index contributed by atoms with van der Waals surface area (Å²) >= 11 is 0. The van der Waals surface area contributed by atoms with Gasteiger partial charge in [0.1, 0.15) is 0 Å². The van der Waals surface area contributed by atoms with Crippen molar-refractivity contribution >= 4 is 0 Å². The lowest BCUT2D eigenvalue weighted by molar-refractivity contribution is 0.0215. The van der Waals surface area contributed by atoms with Gasteiger partial charge in [-0.2, -0.15) is 5.26 Å². The molecule has 1 aliphatic rings. The van der Waals surface area contributed by atoms with Gasteiger partial charge in [0, 0.05) is 0 Å². The Morgan fingerprint density at radius 2 is 1.90 bits per heavy atom. The maximum Gasteiger partial charge on any atom is 0.0979 e. The molecule has 3 atom stereocenters. The van der Waals surface area contributed by atoms with E-state index < -0.39 is 11.5 Å². The molecule has 0 bridgehead atoms. The van der Waals surface area contributed by atoms with Crippen molar-refractivity contribution in [1.82, 2.24) is 0 Å². The number of aliphatic hydroxyl groups excluding tert-OH is 1. The van der Waals surface area contributed by atoms with Gasteiger partial charge in [0.15, 0.2) is 0 Å². The molecule has 0 aromatic heterocycles. The minimum Gasteiger partial charge on any atom is -0.387 e. The van der Waals surface area contributed by atoms with Crippen LogP contribution in [0, 0.1) is 43.4 Å². The molecule has 20 heavy (non-hydrogen) atoms. The average molecular weight is 271 g/mol. The third-order valence-electron chi connectivity index (χ3n) is 4.96. The van der Waals surface area contributed by atoms with E-state index in [4.69, 9.17) is 0 Å². The first-order valence-electron chi connectivity index (χ1n) is 7.56. The van der Waals surface area contributed by atoms with Crippen LogP contribution in [0.1, 0.15) is 61.0 Å². The SMILES string of the molecule is Cc1cc(C)c(C(O)C2(C#N)CCCC(C)C2)cc1C. The monoisotopic (exact) mass is 271 g/mol. The van der Waals surface area contributed by atoms with Gasteiger partial charge in [0.25, 0.3) is 0 Å². The molecule has 1 aromatic rings. The zero-order valence-corrected chi connectivity index (χ0v) is 13.0. The van der Waals surface area contributed by atoms with E-state index in [1.165, 1.54) is 17.5 Å². The molecule has 0 radical (unpaired) electrons. The highest BCUT2D eigenvalue weighted by atomic mass is 16.3. The van der Waals surface area contributed by atoms with E-state index in [-0.39, 0.29) is 0 Å². The van der Waals surface area contributed by atoms with Gasteiger partial charge in [0.2, 0.25) is 0 Å². The molecule has 3 unspecified atom stereocenters. The average Bonchev–Trinajstić information content (AvgIpc) is 2.42. The van der Waals surface area contributed by atoms with Gasteiger partial charge in [0.05, 0.1) is 17.6 Å². The quantitative estimate of drug-likeness (QED) is 0.868. The van der Waals surface area contributed by atoms with Gasteiger partial charge in [-0.15, -0.1) is 0 Å². The van der Waals surface area contributed by atoms with Crippen LogP contribution in [-0.2, 0) is 0 Å². The molecular formula is C18H25NO. The predicted octanol–water partition coefficient (Wildman–Crippen LogP) is 4.37. The highest BCUT2D eigenvalue weighted by Crippen LogP contribution is 2.48. The van der Waals surface area contributed by atoms with Crippen molar-refractivity contribution < 1.29 is 5.11 Å². The number of hydrogen-bond acceptors (Lipinski definition) is 2. The summed E-state index contributed by atoms with van der Waals surface area (Å²) in [6.07, 6.45) is 3.14. The maximum atomic E-state index is 10.9. The lowest BCUT2D eigenvalue weighted by Crippen LogP contribution is -2.33. The molecule has 1 N–H and O–H groups in total. The summed E-state index contributed by atoms with van der Waals surface area (Å²) in [4.78, 5) is 0. The Hall–Kier alpha value is -1.33. The minimum atomic E-state index is -0.672. The molecule has 2 nitrogen and oxygen atoms in total. The fraction of sp³-hybridized carbons (Fsp3) is 0.611. The molecule has 0 saturated heterocycles. The molecule has 1 saturated carbocycles. The molecule has 0 heterocycles. The number of aryl methyl sites for hydroxylation is 3. The Morgan fingerprint density at radius 3 is 2.50 bits per heavy atom. The summed E-state index contributed by atoms with van der Waals surface area (Å²) in [7, 11) is 0. The van der Waals surface area contributed by atoms with E-state index in [0.717, 1.165) is 30.4 Å². The smallest absolute Gasteiger partial charge is 0.0979 e. The third-order valence-corrected chi connectivity index (χ3v) is 4.96. The van der Waals surface area contributed by atoms with E-state index in [2.05, 4.69) is 39.0 Å². The Balaban J connectivity index is 2.41. The van der Waals surface area contributed by atoms with Crippen molar-refractivity contribution in [2.24, 2.45) is 11.3 Å². The second-order valence-electron chi connectivity index (χ2n) is 6.67. The van der Waals surface area contributed by atoms with E-state index >= 15 is 0 Å². The Bertz CT molecular complexity index is 543. The lowest BCUT2D eigenvalue weighted by Gasteiger charge is -2.38. The number of hydrogen-bond donors (Lipinski definition) is 1. The topological polar surface area (TPSA) is 44.0 Å². The van der Waals surface area contributed by atoms with Gasteiger partial charge >= 0.3 is 0 Å². The van der Waals surface area contributed by atoms with Gasteiger partial charge in [-0.3, -0.25) is 0 Å². The van der Waals surface area contributed by atoms with Crippen molar-refractivity contribution in [2.45, 2.75) is 59.5 Å². The molecule has 1 fully saturated rings. The Labute approximate surface area is 122 Å². The van der Waals surface area contributed by atoms with Crippen molar-refractivity contribution in [1.29, 1.82) is 5.26 Å². The van der Waals surface area contributed by atoms with E-state index in [1.807, 2.05) is 6.92 Å². The molecule has 108 valence electrons. The van der Waals surface area contributed by atoms with Gasteiger partial charge in [-0.05, 0) is 61.8 Å². The third kappa shape index (κ3) is 2.60. The molecule has 2 heteroatoms. The van der Waals surface area contributed by atoms with E-state index in [1.54, 1.807) is 0 Å². The van der Waals surface area contributed by atoms with Gasteiger partial charge < -0.3 is 5.11 Å². The van der Waals surface area contributed by atoms with Crippen molar-refractivity contribution in [3.63, 3.8) is 0 Å². The number of aliphatic hydroxyl groups is 1. The second kappa shape index (κ2) is 5.58. The summed E-state index contributed by atoms with van der Waals surface area (Å²) in [5.74, 6) is 0.518. The zero-order valence-electron chi connectivity index (χ0n) is 13.0. The van der Waals surface area contributed by atoms with E-state index in [0.29, 0.717) is 5.92 Å². The molecular weight excluding hydrogens is 246 g/mol. The Kier molecular flexibility index (Phi) is 4.20. The first-order valence-corrected chi connectivity index (χ1v) is 7.56. The summed E-state index contributed by atoms with van der Waals surface area (Å²) in [6, 6.07) is 6.64. The van der Waals surface area contributed by atoms with Crippen LogP contribution in [0.15, 0.2) is 12.1 Å². The standard InChI is InChI=1S/C18H25NO/c1-12-6-5-7-18(10-12,11-19)17(20)16-9-14(3)13(2)8-15(16)4/h8-9,12,17,20H,5-7,10H2,1-4H3. The lowest BCUT2D eigenvalue weighted by atomic mass is 9.66. The fourth-order valence-corrected chi connectivity index (χ4v) is 3.58. The normalized spacial score (nSPS) is 27.9. The minimum absolute atomic E-state index is 0.518. The van der Waals surface area contributed by atoms with Crippen LogP contribution < -0.4 is 0 Å². The van der Waals surface area contributed by atoms with Crippen LogP contribution in [-0.4, -0.2) is 5.11 Å². The van der Waals surface area contributed by atoms with E-state index in [9.17, 15) is 10.4 Å². The summed E-state index contributed by atoms with van der Waals surface area (Å²) in [5.41, 5.74) is 3.84. The molecule has 2 rings (SSSR count). The zero-order chi connectivity index (χ0) is 14.9. The fourth-order valence-electron chi connectivity index (χ4n) is 3.58.